The number of amides is 2. The number of thiophene rings is 1. The molecule has 4 aromatic rings. The van der Waals surface area contributed by atoms with Crippen molar-refractivity contribution in [2.75, 3.05) is 11.9 Å². The van der Waals surface area contributed by atoms with Crippen LogP contribution in [0, 0.1) is 0 Å². The van der Waals surface area contributed by atoms with Crippen LogP contribution in [0.25, 0.3) is 0 Å². The van der Waals surface area contributed by atoms with Crippen molar-refractivity contribution in [3.8, 4) is 0 Å². The second-order valence-electron chi connectivity index (χ2n) is 9.91. The molecule has 1 aromatic heterocycles. The van der Waals surface area contributed by atoms with Crippen molar-refractivity contribution in [3.05, 3.63) is 124 Å². The van der Waals surface area contributed by atoms with Crippen LogP contribution in [0.1, 0.15) is 64.0 Å². The van der Waals surface area contributed by atoms with Gasteiger partial charge in [-0.3, -0.25) is 10.1 Å². The number of anilines is 1. The van der Waals surface area contributed by atoms with Gasteiger partial charge in [-0.25, -0.2) is 4.79 Å². The van der Waals surface area contributed by atoms with Crippen molar-refractivity contribution < 1.29 is 19.4 Å². The second kappa shape index (κ2) is 12.1. The Hall–Kier alpha value is -3.94. The van der Waals surface area contributed by atoms with Gasteiger partial charge in [-0.15, -0.1) is 11.3 Å². The smallest absolute Gasteiger partial charge is 0.412 e. The van der Waals surface area contributed by atoms with E-state index in [9.17, 15) is 14.7 Å². The van der Waals surface area contributed by atoms with Gasteiger partial charge in [0.15, 0.2) is 0 Å². The summed E-state index contributed by atoms with van der Waals surface area (Å²) < 4.78 is 5.27. The van der Waals surface area contributed by atoms with Gasteiger partial charge in [0, 0.05) is 16.5 Å². The fourth-order valence-electron chi connectivity index (χ4n) is 4.13. The van der Waals surface area contributed by atoms with Gasteiger partial charge >= 0.3 is 6.09 Å². The minimum Gasteiger partial charge on any atom is -0.444 e. The first kappa shape index (κ1) is 27.1. The van der Waals surface area contributed by atoms with Crippen LogP contribution in [0.5, 0.6) is 0 Å². The molecule has 196 valence electrons. The summed E-state index contributed by atoms with van der Waals surface area (Å²) in [6.45, 7) is 5.12. The molecule has 0 saturated heterocycles. The maximum atomic E-state index is 13.2. The summed E-state index contributed by atoms with van der Waals surface area (Å²) >= 11 is 1.45. The summed E-state index contributed by atoms with van der Waals surface area (Å²) in [7, 11) is 0. The molecule has 7 heteroatoms. The average molecular weight is 529 g/mol. The number of hydrogen-bond donors (Lipinski definition) is 3. The third-order valence-electron chi connectivity index (χ3n) is 5.85. The Labute approximate surface area is 227 Å². The molecule has 0 saturated carbocycles. The third kappa shape index (κ3) is 7.09. The van der Waals surface area contributed by atoms with Crippen molar-refractivity contribution in [1.29, 1.82) is 0 Å². The van der Waals surface area contributed by atoms with E-state index in [1.54, 1.807) is 45.0 Å². The van der Waals surface area contributed by atoms with E-state index in [4.69, 9.17) is 4.74 Å². The molecule has 0 radical (unpaired) electrons. The van der Waals surface area contributed by atoms with Crippen molar-refractivity contribution in [3.63, 3.8) is 0 Å². The Morgan fingerprint density at radius 3 is 1.92 bits per heavy atom. The van der Waals surface area contributed by atoms with E-state index >= 15 is 0 Å². The molecule has 1 heterocycles. The van der Waals surface area contributed by atoms with E-state index < -0.39 is 17.7 Å². The standard InChI is InChI=1S/C31H32N2O4S/c1-31(2,3)37-30(36)32-24-16-14-21(15-17-24)25(20-34)33-29(35)27-19-18-26(38-27)28(22-10-6-4-7-11-22)23-12-8-5-9-13-23/h4-19,25,28,34H,20H2,1-3H3,(H,32,36)(H,33,35)/t25-/m1/s1. The summed E-state index contributed by atoms with van der Waals surface area (Å²) in [6.07, 6.45) is -0.546. The fourth-order valence-corrected chi connectivity index (χ4v) is 5.19. The summed E-state index contributed by atoms with van der Waals surface area (Å²) in [6, 6.07) is 30.6. The predicted octanol–water partition coefficient (Wildman–Crippen LogP) is 6.74. The molecule has 2 amide bonds. The Morgan fingerprint density at radius 2 is 1.39 bits per heavy atom. The SMILES string of the molecule is CC(C)(C)OC(=O)Nc1ccc([C@@H](CO)NC(=O)c2ccc(C(c3ccccc3)c3ccccc3)s2)cc1. The minimum absolute atomic E-state index is 0.0163. The molecule has 0 aliphatic carbocycles. The Bertz CT molecular complexity index is 1310. The average Bonchev–Trinajstić information content (AvgIpc) is 3.38. The largest absolute Gasteiger partial charge is 0.444 e. The lowest BCUT2D eigenvalue weighted by molar-refractivity contribution is 0.0635. The second-order valence-corrected chi connectivity index (χ2v) is 11.0. The van der Waals surface area contributed by atoms with Crippen molar-refractivity contribution in [1.82, 2.24) is 5.32 Å². The van der Waals surface area contributed by atoms with Gasteiger partial charge in [0.25, 0.3) is 5.91 Å². The molecular formula is C31H32N2O4S. The van der Waals surface area contributed by atoms with E-state index in [-0.39, 0.29) is 18.4 Å². The molecule has 0 aliphatic rings. The topological polar surface area (TPSA) is 87.7 Å². The Balaban J connectivity index is 1.47. The van der Waals surface area contributed by atoms with Gasteiger partial charge in [0.2, 0.25) is 0 Å². The molecule has 6 nitrogen and oxygen atoms in total. The molecular weight excluding hydrogens is 496 g/mol. The summed E-state index contributed by atoms with van der Waals surface area (Å²) in [4.78, 5) is 26.8. The van der Waals surface area contributed by atoms with Gasteiger partial charge in [0.05, 0.1) is 17.5 Å². The third-order valence-corrected chi connectivity index (χ3v) is 7.00. The van der Waals surface area contributed by atoms with Crippen molar-refractivity contribution in [2.24, 2.45) is 0 Å². The molecule has 0 bridgehead atoms. The number of benzene rings is 3. The fraction of sp³-hybridized carbons (Fsp3) is 0.226. The molecule has 4 rings (SSSR count). The van der Waals surface area contributed by atoms with Gasteiger partial charge in [-0.05, 0) is 61.7 Å². The van der Waals surface area contributed by atoms with Crippen LogP contribution in [-0.2, 0) is 4.74 Å². The summed E-state index contributed by atoms with van der Waals surface area (Å²) in [5.74, 6) is -0.237. The number of hydrogen-bond acceptors (Lipinski definition) is 5. The number of carbonyl (C=O) groups is 2. The highest BCUT2D eigenvalue weighted by atomic mass is 32.1. The zero-order valence-corrected chi connectivity index (χ0v) is 22.5. The van der Waals surface area contributed by atoms with Gasteiger partial charge < -0.3 is 15.2 Å². The number of ether oxygens (including phenoxy) is 1. The summed E-state index contributed by atoms with van der Waals surface area (Å²) in [5, 5.41) is 15.6. The molecule has 1 atom stereocenters. The van der Waals surface area contributed by atoms with Crippen LogP contribution in [0.4, 0.5) is 10.5 Å². The molecule has 0 fully saturated rings. The first-order valence-corrected chi connectivity index (χ1v) is 13.3. The Kier molecular flexibility index (Phi) is 8.61. The van der Waals surface area contributed by atoms with Crippen molar-refractivity contribution in [2.45, 2.75) is 38.3 Å². The van der Waals surface area contributed by atoms with E-state index in [1.165, 1.54) is 11.3 Å². The first-order chi connectivity index (χ1) is 18.2. The number of carbonyl (C=O) groups excluding carboxylic acids is 2. The van der Waals surface area contributed by atoms with Gasteiger partial charge in [0.1, 0.15) is 5.60 Å². The van der Waals surface area contributed by atoms with Crippen LogP contribution in [0.15, 0.2) is 97.1 Å². The molecule has 0 spiro atoms. The lowest BCUT2D eigenvalue weighted by Crippen LogP contribution is -2.30. The van der Waals surface area contributed by atoms with Crippen LogP contribution >= 0.6 is 11.3 Å². The lowest BCUT2D eigenvalue weighted by atomic mass is 9.90. The lowest BCUT2D eigenvalue weighted by Gasteiger charge is -2.20. The first-order valence-electron chi connectivity index (χ1n) is 12.4. The van der Waals surface area contributed by atoms with Crippen LogP contribution < -0.4 is 10.6 Å². The molecule has 38 heavy (non-hydrogen) atoms. The molecule has 0 aliphatic heterocycles. The van der Waals surface area contributed by atoms with Gasteiger partial charge in [-0.1, -0.05) is 72.8 Å². The number of aliphatic hydroxyl groups is 1. The zero-order valence-electron chi connectivity index (χ0n) is 21.7. The number of aliphatic hydroxyl groups excluding tert-OH is 1. The predicted molar refractivity (Wildman–Crippen MR) is 152 cm³/mol. The van der Waals surface area contributed by atoms with Crippen LogP contribution in [-0.4, -0.2) is 29.3 Å². The maximum absolute atomic E-state index is 13.2. The van der Waals surface area contributed by atoms with E-state index in [0.717, 1.165) is 21.6 Å². The zero-order chi connectivity index (χ0) is 27.1. The van der Waals surface area contributed by atoms with E-state index in [1.807, 2.05) is 48.5 Å². The monoisotopic (exact) mass is 528 g/mol. The highest BCUT2D eigenvalue weighted by molar-refractivity contribution is 7.14. The summed E-state index contributed by atoms with van der Waals surface area (Å²) in [5.41, 5.74) is 2.99. The maximum Gasteiger partial charge on any atom is 0.412 e. The number of nitrogens with one attached hydrogen (secondary N) is 2. The highest BCUT2D eigenvalue weighted by Gasteiger charge is 2.22. The quantitative estimate of drug-likeness (QED) is 0.236. The normalized spacial score (nSPS) is 12.1. The molecule has 3 N–H and O–H groups in total. The number of rotatable bonds is 8. The molecule has 0 unspecified atom stereocenters. The van der Waals surface area contributed by atoms with Crippen LogP contribution in [0.2, 0.25) is 0 Å². The van der Waals surface area contributed by atoms with E-state index in [0.29, 0.717) is 10.6 Å². The molecule has 3 aromatic carbocycles. The minimum atomic E-state index is -0.597. The van der Waals surface area contributed by atoms with Crippen LogP contribution in [0.3, 0.4) is 0 Å². The Morgan fingerprint density at radius 1 is 0.816 bits per heavy atom. The van der Waals surface area contributed by atoms with E-state index in [2.05, 4.69) is 34.9 Å². The van der Waals surface area contributed by atoms with Gasteiger partial charge in [-0.2, -0.15) is 0 Å². The highest BCUT2D eigenvalue weighted by Crippen LogP contribution is 2.36. The van der Waals surface area contributed by atoms with Crippen molar-refractivity contribution >= 4 is 29.0 Å².